The average molecular weight is 291 g/mol. The molecule has 0 fully saturated rings. The van der Waals surface area contributed by atoms with Gasteiger partial charge in [0.15, 0.2) is 9.84 Å². The van der Waals surface area contributed by atoms with Crippen LogP contribution in [-0.2, 0) is 25.8 Å². The summed E-state index contributed by atoms with van der Waals surface area (Å²) in [7, 11) is -3.26. The molecule has 18 heavy (non-hydrogen) atoms. The summed E-state index contributed by atoms with van der Waals surface area (Å²) in [6.07, 6.45) is 1.78. The molecule has 1 rings (SSSR count). The first kappa shape index (κ1) is 15.0. The Hall–Kier alpha value is -1.07. The van der Waals surface area contributed by atoms with Crippen LogP contribution in [0.5, 0.6) is 0 Å². The fourth-order valence-electron chi connectivity index (χ4n) is 1.43. The maximum absolute atomic E-state index is 11.3. The summed E-state index contributed by atoms with van der Waals surface area (Å²) in [6, 6.07) is 4.51. The van der Waals surface area contributed by atoms with E-state index in [4.69, 9.17) is 16.3 Å². The lowest BCUT2D eigenvalue weighted by Crippen LogP contribution is -2.05. The molecule has 1 aromatic rings. The van der Waals surface area contributed by atoms with Gasteiger partial charge in [0.1, 0.15) is 0 Å². The molecule has 0 aromatic heterocycles. The van der Waals surface area contributed by atoms with Gasteiger partial charge in [0.2, 0.25) is 0 Å². The van der Waals surface area contributed by atoms with Crippen molar-refractivity contribution in [2.24, 2.45) is 0 Å². The molecule has 100 valence electrons. The smallest absolute Gasteiger partial charge is 0.306 e. The molecule has 0 amide bonds. The number of hydrogen-bond acceptors (Lipinski definition) is 4. The van der Waals surface area contributed by atoms with Gasteiger partial charge in [-0.05, 0) is 31.0 Å². The lowest BCUT2D eigenvalue weighted by Gasteiger charge is -2.06. The minimum Gasteiger partial charge on any atom is -0.466 e. The molecule has 0 spiro atoms. The monoisotopic (exact) mass is 290 g/mol. The van der Waals surface area contributed by atoms with Crippen LogP contribution in [0.15, 0.2) is 23.1 Å². The third kappa shape index (κ3) is 4.31. The van der Waals surface area contributed by atoms with Gasteiger partial charge in [-0.15, -0.1) is 0 Å². The van der Waals surface area contributed by atoms with Gasteiger partial charge in [-0.3, -0.25) is 4.79 Å². The van der Waals surface area contributed by atoms with E-state index in [9.17, 15) is 13.2 Å². The van der Waals surface area contributed by atoms with Gasteiger partial charge < -0.3 is 4.74 Å². The van der Waals surface area contributed by atoms with E-state index in [2.05, 4.69) is 0 Å². The van der Waals surface area contributed by atoms with E-state index in [0.717, 1.165) is 11.8 Å². The first-order valence-corrected chi connectivity index (χ1v) is 7.75. The molecule has 0 aliphatic heterocycles. The maximum Gasteiger partial charge on any atom is 0.306 e. The SMILES string of the molecule is CCOC(=O)CCc1ccc(S(C)(=O)=O)cc1Cl. The van der Waals surface area contributed by atoms with Crippen LogP contribution in [0.25, 0.3) is 0 Å². The molecule has 4 nitrogen and oxygen atoms in total. The Balaban J connectivity index is 2.78. The van der Waals surface area contributed by atoms with Crippen LogP contribution in [0.4, 0.5) is 0 Å². The molecule has 0 atom stereocenters. The number of ether oxygens (including phenoxy) is 1. The Kier molecular flexibility index (Phi) is 5.16. The van der Waals surface area contributed by atoms with E-state index in [1.165, 1.54) is 12.1 Å². The van der Waals surface area contributed by atoms with E-state index in [-0.39, 0.29) is 17.3 Å². The molecule has 6 heteroatoms. The zero-order chi connectivity index (χ0) is 13.8. The summed E-state index contributed by atoms with van der Waals surface area (Å²) < 4.78 is 27.4. The van der Waals surface area contributed by atoms with Gasteiger partial charge in [-0.25, -0.2) is 8.42 Å². The van der Waals surface area contributed by atoms with E-state index >= 15 is 0 Å². The van der Waals surface area contributed by atoms with Gasteiger partial charge in [0.05, 0.1) is 11.5 Å². The van der Waals surface area contributed by atoms with E-state index in [1.807, 2.05) is 0 Å². The molecule has 0 N–H and O–H groups in total. The van der Waals surface area contributed by atoms with Crippen LogP contribution in [0.1, 0.15) is 18.9 Å². The normalized spacial score (nSPS) is 11.3. The minimum absolute atomic E-state index is 0.174. The Morgan fingerprint density at radius 1 is 1.39 bits per heavy atom. The molecule has 1 aromatic carbocycles. The standard InChI is InChI=1S/C12H15ClO4S/c1-3-17-12(14)7-5-9-4-6-10(8-11(9)13)18(2,15)16/h4,6,8H,3,5,7H2,1-2H3. The van der Waals surface area contributed by atoms with E-state index in [0.29, 0.717) is 18.1 Å². The summed E-state index contributed by atoms with van der Waals surface area (Å²) in [4.78, 5) is 11.4. The van der Waals surface area contributed by atoms with Crippen molar-refractivity contribution >= 4 is 27.4 Å². The number of halogens is 1. The van der Waals surface area contributed by atoms with Gasteiger partial charge >= 0.3 is 5.97 Å². The second-order valence-electron chi connectivity index (χ2n) is 3.83. The highest BCUT2D eigenvalue weighted by molar-refractivity contribution is 7.90. The summed E-state index contributed by atoms with van der Waals surface area (Å²) in [5.74, 6) is -0.291. The highest BCUT2D eigenvalue weighted by atomic mass is 35.5. The van der Waals surface area contributed by atoms with Crippen LogP contribution in [0.2, 0.25) is 5.02 Å². The predicted octanol–water partition coefficient (Wildman–Crippen LogP) is 2.24. The second-order valence-corrected chi connectivity index (χ2v) is 6.25. The highest BCUT2D eigenvalue weighted by Gasteiger charge is 2.11. The molecule has 0 bridgehead atoms. The fourth-order valence-corrected chi connectivity index (χ4v) is 2.42. The van der Waals surface area contributed by atoms with Crippen molar-refractivity contribution in [1.29, 1.82) is 0 Å². The van der Waals surface area contributed by atoms with Crippen LogP contribution >= 0.6 is 11.6 Å². The topological polar surface area (TPSA) is 60.4 Å². The van der Waals surface area contributed by atoms with Crippen LogP contribution in [-0.4, -0.2) is 27.2 Å². The molecule has 0 saturated carbocycles. The Morgan fingerprint density at radius 3 is 2.56 bits per heavy atom. The Bertz CT molecular complexity index is 537. The maximum atomic E-state index is 11.3. The number of benzene rings is 1. The van der Waals surface area contributed by atoms with Gasteiger partial charge in [0.25, 0.3) is 0 Å². The number of sulfone groups is 1. The second kappa shape index (κ2) is 6.20. The predicted molar refractivity (Wildman–Crippen MR) is 69.5 cm³/mol. The zero-order valence-corrected chi connectivity index (χ0v) is 11.8. The molecular weight excluding hydrogens is 276 g/mol. The lowest BCUT2D eigenvalue weighted by atomic mass is 10.1. The summed E-state index contributed by atoms with van der Waals surface area (Å²) in [5, 5.41) is 0.349. The van der Waals surface area contributed by atoms with Crippen LogP contribution in [0, 0.1) is 0 Å². The Morgan fingerprint density at radius 2 is 2.06 bits per heavy atom. The third-order valence-corrected chi connectivity index (χ3v) is 3.82. The lowest BCUT2D eigenvalue weighted by molar-refractivity contribution is -0.143. The van der Waals surface area contributed by atoms with Gasteiger partial charge in [-0.2, -0.15) is 0 Å². The number of hydrogen-bond donors (Lipinski definition) is 0. The summed E-state index contributed by atoms with van der Waals surface area (Å²) in [6.45, 7) is 2.09. The van der Waals surface area contributed by atoms with Crippen molar-refractivity contribution in [3.8, 4) is 0 Å². The molecule has 0 heterocycles. The van der Waals surface area contributed by atoms with Crippen molar-refractivity contribution in [2.45, 2.75) is 24.7 Å². The van der Waals surface area contributed by atoms with E-state index < -0.39 is 9.84 Å². The van der Waals surface area contributed by atoms with Crippen molar-refractivity contribution in [3.05, 3.63) is 28.8 Å². The zero-order valence-electron chi connectivity index (χ0n) is 10.3. The number of carbonyl (C=O) groups is 1. The first-order valence-electron chi connectivity index (χ1n) is 5.48. The summed E-state index contributed by atoms with van der Waals surface area (Å²) >= 11 is 5.98. The van der Waals surface area contributed by atoms with Crippen molar-refractivity contribution < 1.29 is 17.9 Å². The number of carbonyl (C=O) groups excluding carboxylic acids is 1. The Labute approximate surface area is 112 Å². The minimum atomic E-state index is -3.26. The summed E-state index contributed by atoms with van der Waals surface area (Å²) in [5.41, 5.74) is 0.733. The largest absolute Gasteiger partial charge is 0.466 e. The van der Waals surface area contributed by atoms with Crippen LogP contribution in [0.3, 0.4) is 0 Å². The van der Waals surface area contributed by atoms with Crippen molar-refractivity contribution in [1.82, 2.24) is 0 Å². The van der Waals surface area contributed by atoms with Crippen molar-refractivity contribution in [2.75, 3.05) is 12.9 Å². The number of aryl methyl sites for hydroxylation is 1. The van der Waals surface area contributed by atoms with Crippen LogP contribution < -0.4 is 0 Å². The quantitative estimate of drug-likeness (QED) is 0.780. The van der Waals surface area contributed by atoms with E-state index in [1.54, 1.807) is 13.0 Å². The average Bonchev–Trinajstić information content (AvgIpc) is 2.26. The third-order valence-electron chi connectivity index (χ3n) is 2.36. The highest BCUT2D eigenvalue weighted by Crippen LogP contribution is 2.22. The molecule has 0 radical (unpaired) electrons. The molecule has 0 aliphatic carbocycles. The fraction of sp³-hybridized carbons (Fsp3) is 0.417. The van der Waals surface area contributed by atoms with Crippen molar-refractivity contribution in [3.63, 3.8) is 0 Å². The molecule has 0 unspecified atom stereocenters. The molecular formula is C12H15ClO4S. The van der Waals surface area contributed by atoms with Gasteiger partial charge in [-0.1, -0.05) is 17.7 Å². The van der Waals surface area contributed by atoms with Gasteiger partial charge in [0, 0.05) is 17.7 Å². The number of rotatable bonds is 5. The molecule has 0 saturated heterocycles. The molecule has 0 aliphatic rings. The number of esters is 1. The first-order chi connectivity index (χ1) is 8.34.